The lowest BCUT2D eigenvalue weighted by atomic mass is 10.0. The molecule has 2 heterocycles. The molecule has 2 aromatic heterocycles. The highest BCUT2D eigenvalue weighted by atomic mass is 16.5. The lowest BCUT2D eigenvalue weighted by Crippen LogP contribution is -2.28. The average molecular weight is 429 g/mol. The SMILES string of the molecule is CCC(NC(=O)CCc1nc2cccnc2n1Cc1ccc(OC)cc1)c1ccccc1. The average Bonchev–Trinajstić information content (AvgIpc) is 3.19. The minimum Gasteiger partial charge on any atom is -0.497 e. The van der Waals surface area contributed by atoms with E-state index in [1.807, 2.05) is 66.7 Å². The van der Waals surface area contributed by atoms with Crippen LogP contribution in [0.3, 0.4) is 0 Å². The summed E-state index contributed by atoms with van der Waals surface area (Å²) in [4.78, 5) is 22.0. The molecule has 0 saturated heterocycles. The number of benzene rings is 2. The van der Waals surface area contributed by atoms with Gasteiger partial charge in [0.25, 0.3) is 0 Å². The zero-order valence-electron chi connectivity index (χ0n) is 18.5. The molecule has 6 heteroatoms. The number of rotatable bonds is 9. The summed E-state index contributed by atoms with van der Waals surface area (Å²) in [7, 11) is 1.66. The molecule has 0 fully saturated rings. The maximum absolute atomic E-state index is 12.7. The van der Waals surface area contributed by atoms with Crippen molar-refractivity contribution in [2.24, 2.45) is 0 Å². The third-order valence-corrected chi connectivity index (χ3v) is 5.60. The number of amides is 1. The number of aryl methyl sites for hydroxylation is 1. The zero-order valence-corrected chi connectivity index (χ0v) is 18.5. The summed E-state index contributed by atoms with van der Waals surface area (Å²) in [6.07, 6.45) is 3.53. The van der Waals surface area contributed by atoms with Crippen LogP contribution in [-0.4, -0.2) is 27.6 Å². The smallest absolute Gasteiger partial charge is 0.220 e. The Labute approximate surface area is 188 Å². The van der Waals surface area contributed by atoms with Crippen molar-refractivity contribution in [1.82, 2.24) is 19.9 Å². The van der Waals surface area contributed by atoms with Crippen molar-refractivity contribution in [3.8, 4) is 5.75 Å². The number of nitrogens with one attached hydrogen (secondary N) is 1. The summed E-state index contributed by atoms with van der Waals surface area (Å²) in [5, 5.41) is 3.16. The second-order valence-electron chi connectivity index (χ2n) is 7.75. The van der Waals surface area contributed by atoms with Gasteiger partial charge in [0, 0.05) is 19.0 Å². The third-order valence-electron chi connectivity index (χ3n) is 5.60. The number of ether oxygens (including phenoxy) is 1. The molecule has 2 aromatic carbocycles. The number of aromatic nitrogens is 3. The van der Waals surface area contributed by atoms with Crippen LogP contribution in [0.1, 0.15) is 42.8 Å². The summed E-state index contributed by atoms with van der Waals surface area (Å²) in [5.41, 5.74) is 3.91. The van der Waals surface area contributed by atoms with E-state index in [9.17, 15) is 4.79 Å². The van der Waals surface area contributed by atoms with E-state index in [2.05, 4.69) is 21.8 Å². The van der Waals surface area contributed by atoms with Gasteiger partial charge >= 0.3 is 0 Å². The molecular formula is C26H28N4O2. The summed E-state index contributed by atoms with van der Waals surface area (Å²) in [5.74, 6) is 1.71. The van der Waals surface area contributed by atoms with Crippen LogP contribution < -0.4 is 10.1 Å². The van der Waals surface area contributed by atoms with Crippen LogP contribution in [0.15, 0.2) is 72.9 Å². The Balaban J connectivity index is 1.49. The first-order chi connectivity index (χ1) is 15.7. The standard InChI is InChI=1S/C26H28N4O2/c1-3-22(20-8-5-4-6-9-20)29-25(31)16-15-24-28-23-10-7-17-27-26(23)30(24)18-19-11-13-21(32-2)14-12-19/h4-14,17,22H,3,15-16,18H2,1-2H3,(H,29,31). The largest absolute Gasteiger partial charge is 0.497 e. The van der Waals surface area contributed by atoms with Crippen molar-refractivity contribution in [2.75, 3.05) is 7.11 Å². The fourth-order valence-corrected chi connectivity index (χ4v) is 3.87. The van der Waals surface area contributed by atoms with Gasteiger partial charge in [0.05, 0.1) is 19.7 Å². The van der Waals surface area contributed by atoms with Crippen LogP contribution >= 0.6 is 0 Å². The van der Waals surface area contributed by atoms with Gasteiger partial charge in [-0.3, -0.25) is 4.79 Å². The first-order valence-electron chi connectivity index (χ1n) is 10.9. The molecule has 1 amide bonds. The highest BCUT2D eigenvalue weighted by Gasteiger charge is 2.16. The molecule has 0 spiro atoms. The maximum Gasteiger partial charge on any atom is 0.220 e. The van der Waals surface area contributed by atoms with E-state index in [0.717, 1.165) is 40.3 Å². The normalized spacial score (nSPS) is 11.9. The quantitative estimate of drug-likeness (QED) is 0.420. The van der Waals surface area contributed by atoms with Gasteiger partial charge in [-0.25, -0.2) is 9.97 Å². The summed E-state index contributed by atoms with van der Waals surface area (Å²) >= 11 is 0. The maximum atomic E-state index is 12.7. The fraction of sp³-hybridized carbons (Fsp3) is 0.269. The Morgan fingerprint density at radius 1 is 1.06 bits per heavy atom. The van der Waals surface area contributed by atoms with Gasteiger partial charge in [-0.05, 0) is 41.8 Å². The summed E-state index contributed by atoms with van der Waals surface area (Å²) in [6.45, 7) is 2.72. The summed E-state index contributed by atoms with van der Waals surface area (Å²) in [6, 6.07) is 21.9. The van der Waals surface area contributed by atoms with Crippen molar-refractivity contribution in [1.29, 1.82) is 0 Å². The number of methoxy groups -OCH3 is 1. The van der Waals surface area contributed by atoms with E-state index in [1.165, 1.54) is 0 Å². The number of nitrogens with zero attached hydrogens (tertiary/aromatic N) is 3. The molecule has 1 unspecified atom stereocenters. The molecule has 0 aliphatic carbocycles. The minimum absolute atomic E-state index is 0.0171. The molecule has 0 radical (unpaired) electrons. The molecule has 0 saturated carbocycles. The first kappa shape index (κ1) is 21.6. The number of imidazole rings is 1. The molecular weight excluding hydrogens is 400 g/mol. The van der Waals surface area contributed by atoms with Crippen LogP contribution in [0.4, 0.5) is 0 Å². The Hall–Kier alpha value is -3.67. The van der Waals surface area contributed by atoms with Crippen molar-refractivity contribution < 1.29 is 9.53 Å². The molecule has 4 rings (SSSR count). The number of hydrogen-bond donors (Lipinski definition) is 1. The number of pyridine rings is 1. The van der Waals surface area contributed by atoms with E-state index in [4.69, 9.17) is 9.72 Å². The first-order valence-corrected chi connectivity index (χ1v) is 10.9. The van der Waals surface area contributed by atoms with E-state index in [-0.39, 0.29) is 11.9 Å². The molecule has 1 N–H and O–H groups in total. The molecule has 0 aliphatic rings. The lowest BCUT2D eigenvalue weighted by molar-refractivity contribution is -0.121. The molecule has 32 heavy (non-hydrogen) atoms. The monoisotopic (exact) mass is 428 g/mol. The predicted octanol–water partition coefficient (Wildman–Crippen LogP) is 4.69. The fourth-order valence-electron chi connectivity index (χ4n) is 3.87. The van der Waals surface area contributed by atoms with Gasteiger partial charge in [-0.1, -0.05) is 49.4 Å². The van der Waals surface area contributed by atoms with E-state index < -0.39 is 0 Å². The van der Waals surface area contributed by atoms with Crippen LogP contribution in [0, 0.1) is 0 Å². The van der Waals surface area contributed by atoms with E-state index in [0.29, 0.717) is 19.4 Å². The highest BCUT2D eigenvalue weighted by molar-refractivity contribution is 5.77. The number of fused-ring (bicyclic) bond motifs is 1. The molecule has 1 atom stereocenters. The van der Waals surface area contributed by atoms with Gasteiger partial charge < -0.3 is 14.6 Å². The number of carbonyl (C=O) groups is 1. The Kier molecular flexibility index (Phi) is 6.80. The van der Waals surface area contributed by atoms with Crippen molar-refractivity contribution in [3.05, 3.63) is 89.9 Å². The summed E-state index contributed by atoms with van der Waals surface area (Å²) < 4.78 is 7.36. The number of hydrogen-bond acceptors (Lipinski definition) is 4. The van der Waals surface area contributed by atoms with Crippen molar-refractivity contribution >= 4 is 17.1 Å². The van der Waals surface area contributed by atoms with Crippen LogP contribution in [0.5, 0.6) is 5.75 Å². The molecule has 6 nitrogen and oxygen atoms in total. The topological polar surface area (TPSA) is 69.0 Å². The second-order valence-corrected chi connectivity index (χ2v) is 7.75. The molecule has 0 aliphatic heterocycles. The van der Waals surface area contributed by atoms with Crippen LogP contribution in [0.2, 0.25) is 0 Å². The van der Waals surface area contributed by atoms with E-state index in [1.54, 1.807) is 13.3 Å². The Bertz CT molecular complexity index is 1170. The highest BCUT2D eigenvalue weighted by Crippen LogP contribution is 2.20. The van der Waals surface area contributed by atoms with Gasteiger partial charge in [0.1, 0.15) is 17.1 Å². The minimum atomic E-state index is 0.0171. The van der Waals surface area contributed by atoms with E-state index >= 15 is 0 Å². The van der Waals surface area contributed by atoms with Crippen LogP contribution in [-0.2, 0) is 17.8 Å². The third kappa shape index (κ3) is 4.97. The van der Waals surface area contributed by atoms with Gasteiger partial charge in [-0.2, -0.15) is 0 Å². The van der Waals surface area contributed by atoms with Gasteiger partial charge in [0.15, 0.2) is 5.65 Å². The lowest BCUT2D eigenvalue weighted by Gasteiger charge is -2.17. The zero-order chi connectivity index (χ0) is 22.3. The van der Waals surface area contributed by atoms with Crippen molar-refractivity contribution in [3.63, 3.8) is 0 Å². The molecule has 164 valence electrons. The predicted molar refractivity (Wildman–Crippen MR) is 126 cm³/mol. The molecule has 4 aromatic rings. The van der Waals surface area contributed by atoms with Gasteiger partial charge in [0.2, 0.25) is 5.91 Å². The van der Waals surface area contributed by atoms with Gasteiger partial charge in [-0.15, -0.1) is 0 Å². The Morgan fingerprint density at radius 2 is 1.84 bits per heavy atom. The van der Waals surface area contributed by atoms with Crippen LogP contribution in [0.25, 0.3) is 11.2 Å². The number of carbonyl (C=O) groups excluding carboxylic acids is 1. The second kappa shape index (κ2) is 10.1. The Morgan fingerprint density at radius 3 is 2.56 bits per heavy atom. The molecule has 0 bridgehead atoms. The van der Waals surface area contributed by atoms with Crippen molar-refractivity contribution in [2.45, 2.75) is 38.8 Å².